The van der Waals surface area contributed by atoms with Crippen molar-refractivity contribution < 1.29 is 13.2 Å². The first-order valence-electron chi connectivity index (χ1n) is 9.34. The van der Waals surface area contributed by atoms with Gasteiger partial charge in [-0.15, -0.1) is 0 Å². The van der Waals surface area contributed by atoms with E-state index in [0.29, 0.717) is 28.3 Å². The number of anilines is 2. The van der Waals surface area contributed by atoms with E-state index in [9.17, 15) is 13.2 Å². The summed E-state index contributed by atoms with van der Waals surface area (Å²) >= 11 is 1.33. The van der Waals surface area contributed by atoms with Crippen molar-refractivity contribution in [3.63, 3.8) is 0 Å². The van der Waals surface area contributed by atoms with E-state index in [1.165, 1.54) is 11.3 Å². The minimum atomic E-state index is -3.72. The fourth-order valence-electron chi connectivity index (χ4n) is 3.07. The molecule has 6 nitrogen and oxygen atoms in total. The summed E-state index contributed by atoms with van der Waals surface area (Å²) in [6.07, 6.45) is 0.618. The zero-order valence-electron chi connectivity index (χ0n) is 16.1. The van der Waals surface area contributed by atoms with Crippen LogP contribution in [-0.2, 0) is 16.4 Å². The molecule has 1 amide bonds. The summed E-state index contributed by atoms with van der Waals surface area (Å²) in [5, 5.41) is 3.24. The number of hydrogen-bond acceptors (Lipinski definition) is 5. The number of rotatable bonds is 6. The molecule has 2 N–H and O–H groups in total. The van der Waals surface area contributed by atoms with Gasteiger partial charge in [0.05, 0.1) is 20.8 Å². The largest absolute Gasteiger partial charge is 0.298 e. The summed E-state index contributed by atoms with van der Waals surface area (Å²) in [5.41, 5.74) is 2.32. The van der Waals surface area contributed by atoms with Crippen molar-refractivity contribution in [2.75, 3.05) is 10.0 Å². The van der Waals surface area contributed by atoms with Gasteiger partial charge in [-0.25, -0.2) is 13.4 Å². The van der Waals surface area contributed by atoms with E-state index in [4.69, 9.17) is 0 Å². The molecule has 0 saturated carbocycles. The SMILES string of the molecule is CCc1ccccc1S(=O)(=O)Nc1ccc2sc(NC(=O)c3ccccc3)nc2c1. The molecule has 3 aromatic carbocycles. The van der Waals surface area contributed by atoms with E-state index in [2.05, 4.69) is 15.0 Å². The number of hydrogen-bond donors (Lipinski definition) is 2. The summed E-state index contributed by atoms with van der Waals surface area (Å²) in [7, 11) is -3.72. The van der Waals surface area contributed by atoms with Crippen LogP contribution in [0.3, 0.4) is 0 Å². The van der Waals surface area contributed by atoms with E-state index in [-0.39, 0.29) is 10.8 Å². The number of nitrogens with zero attached hydrogens (tertiary/aromatic N) is 1. The third-order valence-corrected chi connectivity index (χ3v) is 6.97. The Bertz CT molecular complexity index is 1320. The zero-order valence-corrected chi connectivity index (χ0v) is 17.8. The predicted molar refractivity (Wildman–Crippen MR) is 121 cm³/mol. The van der Waals surface area contributed by atoms with Gasteiger partial charge in [0.2, 0.25) is 0 Å². The molecule has 0 unspecified atom stereocenters. The second-order valence-corrected chi connectivity index (χ2v) is 9.27. The molecule has 0 spiro atoms. The predicted octanol–water partition coefficient (Wildman–Crippen LogP) is 4.91. The summed E-state index contributed by atoms with van der Waals surface area (Å²) in [6.45, 7) is 1.92. The molecule has 0 aliphatic heterocycles. The average molecular weight is 438 g/mol. The average Bonchev–Trinajstić information content (AvgIpc) is 3.15. The van der Waals surface area contributed by atoms with Gasteiger partial charge in [-0.05, 0) is 48.4 Å². The summed E-state index contributed by atoms with van der Waals surface area (Å²) < 4.78 is 29.1. The van der Waals surface area contributed by atoms with Gasteiger partial charge in [-0.3, -0.25) is 14.8 Å². The number of thiazole rings is 1. The highest BCUT2D eigenvalue weighted by Crippen LogP contribution is 2.29. The van der Waals surface area contributed by atoms with Crippen LogP contribution in [0.25, 0.3) is 10.2 Å². The molecular formula is C22H19N3O3S2. The smallest absolute Gasteiger partial charge is 0.262 e. The van der Waals surface area contributed by atoms with Gasteiger partial charge in [0.15, 0.2) is 5.13 Å². The number of aryl methyl sites for hydroxylation is 1. The van der Waals surface area contributed by atoms with Gasteiger partial charge < -0.3 is 0 Å². The fraction of sp³-hybridized carbons (Fsp3) is 0.0909. The number of carbonyl (C=O) groups excluding carboxylic acids is 1. The maximum atomic E-state index is 12.8. The van der Waals surface area contributed by atoms with Crippen LogP contribution < -0.4 is 10.0 Å². The first-order valence-corrected chi connectivity index (χ1v) is 11.6. The van der Waals surface area contributed by atoms with Crippen LogP contribution in [0.15, 0.2) is 77.7 Å². The molecule has 4 rings (SSSR count). The summed E-state index contributed by atoms with van der Waals surface area (Å²) in [4.78, 5) is 17.0. The van der Waals surface area contributed by atoms with Crippen LogP contribution >= 0.6 is 11.3 Å². The highest BCUT2D eigenvalue weighted by Gasteiger charge is 2.18. The fourth-order valence-corrected chi connectivity index (χ4v) is 5.28. The van der Waals surface area contributed by atoms with Crippen molar-refractivity contribution in [1.29, 1.82) is 0 Å². The highest BCUT2D eigenvalue weighted by atomic mass is 32.2. The second-order valence-electron chi connectivity index (χ2n) is 6.59. The van der Waals surface area contributed by atoms with E-state index >= 15 is 0 Å². The van der Waals surface area contributed by atoms with Gasteiger partial charge in [-0.1, -0.05) is 54.7 Å². The van der Waals surface area contributed by atoms with E-state index < -0.39 is 10.0 Å². The van der Waals surface area contributed by atoms with E-state index in [1.54, 1.807) is 60.7 Å². The molecule has 152 valence electrons. The molecule has 0 aliphatic carbocycles. The van der Waals surface area contributed by atoms with Crippen LogP contribution in [0.1, 0.15) is 22.8 Å². The number of sulfonamides is 1. The third-order valence-electron chi connectivity index (χ3n) is 4.54. The Morgan fingerprint density at radius 1 is 1.00 bits per heavy atom. The van der Waals surface area contributed by atoms with Gasteiger partial charge >= 0.3 is 0 Å². The normalized spacial score (nSPS) is 11.4. The standard InChI is InChI=1S/C22H19N3O3S2/c1-2-15-8-6-7-11-20(15)30(27,28)25-17-12-13-19-18(14-17)23-22(29-19)24-21(26)16-9-4-3-5-10-16/h3-14,25H,2H2,1H3,(H,23,24,26). The first-order chi connectivity index (χ1) is 14.5. The molecule has 0 saturated heterocycles. The minimum Gasteiger partial charge on any atom is -0.298 e. The maximum Gasteiger partial charge on any atom is 0.262 e. The van der Waals surface area contributed by atoms with Crippen LogP contribution in [0.2, 0.25) is 0 Å². The monoisotopic (exact) mass is 437 g/mol. The molecular weight excluding hydrogens is 418 g/mol. The van der Waals surface area contributed by atoms with Gasteiger partial charge in [0.25, 0.3) is 15.9 Å². The van der Waals surface area contributed by atoms with Crippen molar-refractivity contribution in [2.45, 2.75) is 18.2 Å². The van der Waals surface area contributed by atoms with Crippen molar-refractivity contribution in [3.05, 3.63) is 83.9 Å². The lowest BCUT2D eigenvalue weighted by Crippen LogP contribution is -2.14. The lowest BCUT2D eigenvalue weighted by Gasteiger charge is -2.11. The van der Waals surface area contributed by atoms with Crippen molar-refractivity contribution >= 4 is 48.3 Å². The van der Waals surface area contributed by atoms with E-state index in [1.807, 2.05) is 19.1 Å². The van der Waals surface area contributed by atoms with Crippen LogP contribution in [0.4, 0.5) is 10.8 Å². The molecule has 4 aromatic rings. The van der Waals surface area contributed by atoms with Gasteiger partial charge in [0.1, 0.15) is 0 Å². The first kappa shape index (κ1) is 20.1. The van der Waals surface area contributed by atoms with Crippen LogP contribution in [0.5, 0.6) is 0 Å². The Balaban J connectivity index is 1.57. The lowest BCUT2D eigenvalue weighted by atomic mass is 10.2. The molecule has 0 aliphatic rings. The van der Waals surface area contributed by atoms with Gasteiger partial charge in [0, 0.05) is 5.56 Å². The number of aromatic nitrogens is 1. The van der Waals surface area contributed by atoms with Crippen molar-refractivity contribution in [3.8, 4) is 0 Å². The number of carbonyl (C=O) groups is 1. The number of amides is 1. The zero-order chi connectivity index (χ0) is 21.1. The Morgan fingerprint density at radius 2 is 1.73 bits per heavy atom. The highest BCUT2D eigenvalue weighted by molar-refractivity contribution is 7.92. The topological polar surface area (TPSA) is 88.2 Å². The molecule has 0 fully saturated rings. The number of benzene rings is 3. The van der Waals surface area contributed by atoms with Crippen LogP contribution in [-0.4, -0.2) is 19.3 Å². The summed E-state index contributed by atoms with van der Waals surface area (Å²) in [6, 6.07) is 21.0. The molecule has 30 heavy (non-hydrogen) atoms. The molecule has 0 radical (unpaired) electrons. The second kappa shape index (κ2) is 8.25. The summed E-state index contributed by atoms with van der Waals surface area (Å²) in [5.74, 6) is -0.244. The van der Waals surface area contributed by atoms with Crippen LogP contribution in [0, 0.1) is 0 Å². The van der Waals surface area contributed by atoms with E-state index in [0.717, 1.165) is 10.3 Å². The number of fused-ring (bicyclic) bond motifs is 1. The molecule has 8 heteroatoms. The Morgan fingerprint density at radius 3 is 2.50 bits per heavy atom. The quantitative estimate of drug-likeness (QED) is 0.448. The lowest BCUT2D eigenvalue weighted by molar-refractivity contribution is 0.102. The molecule has 0 bridgehead atoms. The third kappa shape index (κ3) is 4.19. The Kier molecular flexibility index (Phi) is 5.52. The maximum absolute atomic E-state index is 12.8. The van der Waals surface area contributed by atoms with Gasteiger partial charge in [-0.2, -0.15) is 0 Å². The molecule has 1 heterocycles. The van der Waals surface area contributed by atoms with Crippen molar-refractivity contribution in [2.24, 2.45) is 0 Å². The minimum absolute atomic E-state index is 0.244. The Labute approximate surface area is 178 Å². The number of nitrogens with one attached hydrogen (secondary N) is 2. The Hall–Kier alpha value is -3.23. The van der Waals surface area contributed by atoms with Crippen molar-refractivity contribution in [1.82, 2.24) is 4.98 Å². The molecule has 0 atom stereocenters. The molecule has 1 aromatic heterocycles.